The van der Waals surface area contributed by atoms with Gasteiger partial charge in [-0.2, -0.15) is 0 Å². The summed E-state index contributed by atoms with van der Waals surface area (Å²) in [6.45, 7) is 5.03. The van der Waals surface area contributed by atoms with Gasteiger partial charge < -0.3 is 19.6 Å². The maximum atomic E-state index is 13.6. The lowest BCUT2D eigenvalue weighted by Crippen LogP contribution is -2.20. The van der Waals surface area contributed by atoms with Crippen LogP contribution in [-0.4, -0.2) is 32.9 Å². The molecule has 9 nitrogen and oxygen atoms in total. The lowest BCUT2D eigenvalue weighted by atomic mass is 10.1. The minimum Gasteiger partial charge on any atom is -0.493 e. The van der Waals surface area contributed by atoms with Crippen LogP contribution in [0.2, 0.25) is 0 Å². The van der Waals surface area contributed by atoms with E-state index in [0.717, 1.165) is 17.5 Å². The summed E-state index contributed by atoms with van der Waals surface area (Å²) in [4.78, 5) is 21.1. The third kappa shape index (κ3) is 3.56. The number of benzene rings is 3. The molecule has 0 saturated carbocycles. The van der Waals surface area contributed by atoms with Crippen LogP contribution in [0.3, 0.4) is 0 Å². The molecule has 0 spiro atoms. The Morgan fingerprint density at radius 1 is 0.972 bits per heavy atom. The Labute approximate surface area is 205 Å². The molecule has 180 valence electrons. The van der Waals surface area contributed by atoms with E-state index in [4.69, 9.17) is 9.47 Å². The average Bonchev–Trinajstić information content (AvgIpc) is 3.01. The SMILES string of the molecule is Cc1cccc(-n2c(N=Nc3c(O)[nH]c4cc5c(cc34)OCCCO5)nc3ccccc3c2=O)c1C. The van der Waals surface area contributed by atoms with Crippen molar-refractivity contribution in [1.82, 2.24) is 14.5 Å². The zero-order valence-corrected chi connectivity index (χ0v) is 19.8. The number of para-hydroxylation sites is 1. The van der Waals surface area contributed by atoms with Crippen LogP contribution < -0.4 is 15.0 Å². The van der Waals surface area contributed by atoms with Gasteiger partial charge in [-0.05, 0) is 49.2 Å². The first-order valence-electron chi connectivity index (χ1n) is 11.7. The van der Waals surface area contributed by atoms with Gasteiger partial charge in [0, 0.05) is 17.9 Å². The first-order valence-corrected chi connectivity index (χ1v) is 11.7. The zero-order valence-electron chi connectivity index (χ0n) is 19.8. The molecule has 6 rings (SSSR count). The van der Waals surface area contributed by atoms with Gasteiger partial charge in [-0.15, -0.1) is 10.2 Å². The topological polar surface area (TPSA) is 114 Å². The molecule has 0 aliphatic carbocycles. The molecular formula is C27H23N5O4. The van der Waals surface area contributed by atoms with Crippen molar-refractivity contribution in [2.75, 3.05) is 13.2 Å². The van der Waals surface area contributed by atoms with E-state index in [-0.39, 0.29) is 23.1 Å². The Hall–Kier alpha value is -4.66. The molecule has 9 heteroatoms. The summed E-state index contributed by atoms with van der Waals surface area (Å²) in [6.07, 6.45) is 0.782. The second kappa shape index (κ2) is 8.53. The van der Waals surface area contributed by atoms with Gasteiger partial charge >= 0.3 is 0 Å². The third-order valence-corrected chi connectivity index (χ3v) is 6.43. The molecule has 0 fully saturated rings. The summed E-state index contributed by atoms with van der Waals surface area (Å²) in [5.74, 6) is 1.13. The summed E-state index contributed by atoms with van der Waals surface area (Å²) in [5.41, 5.74) is 3.75. The van der Waals surface area contributed by atoms with Gasteiger partial charge in [0.1, 0.15) is 0 Å². The Balaban J connectivity index is 1.55. The second-order valence-electron chi connectivity index (χ2n) is 8.71. The molecule has 5 aromatic rings. The van der Waals surface area contributed by atoms with Crippen molar-refractivity contribution < 1.29 is 14.6 Å². The van der Waals surface area contributed by atoms with Gasteiger partial charge in [0.15, 0.2) is 17.2 Å². The van der Waals surface area contributed by atoms with Crippen LogP contribution in [0.5, 0.6) is 17.4 Å². The summed E-state index contributed by atoms with van der Waals surface area (Å²) < 4.78 is 13.0. The molecule has 1 aliphatic rings. The fourth-order valence-electron chi connectivity index (χ4n) is 4.40. The van der Waals surface area contributed by atoms with Crippen molar-refractivity contribution in [3.63, 3.8) is 0 Å². The zero-order chi connectivity index (χ0) is 24.8. The minimum absolute atomic E-state index is 0.107. The lowest BCUT2D eigenvalue weighted by molar-refractivity contribution is 0.297. The van der Waals surface area contributed by atoms with Crippen LogP contribution in [-0.2, 0) is 0 Å². The number of aromatic nitrogens is 3. The van der Waals surface area contributed by atoms with Crippen molar-refractivity contribution in [2.45, 2.75) is 20.3 Å². The molecule has 0 amide bonds. The average molecular weight is 482 g/mol. The van der Waals surface area contributed by atoms with E-state index in [1.54, 1.807) is 30.3 Å². The molecule has 0 saturated heterocycles. The van der Waals surface area contributed by atoms with Crippen molar-refractivity contribution in [3.05, 3.63) is 76.1 Å². The number of aryl methyl sites for hydroxylation is 1. The molecule has 2 N–H and O–H groups in total. The van der Waals surface area contributed by atoms with Crippen LogP contribution in [0.1, 0.15) is 17.5 Å². The Kier molecular flexibility index (Phi) is 5.18. The predicted molar refractivity (Wildman–Crippen MR) is 137 cm³/mol. The molecule has 3 aromatic carbocycles. The number of H-pyrrole nitrogens is 1. The summed E-state index contributed by atoms with van der Waals surface area (Å²) >= 11 is 0. The first-order chi connectivity index (χ1) is 17.5. The highest BCUT2D eigenvalue weighted by atomic mass is 16.5. The van der Waals surface area contributed by atoms with E-state index in [9.17, 15) is 9.90 Å². The van der Waals surface area contributed by atoms with E-state index in [0.29, 0.717) is 52.2 Å². The number of ether oxygens (including phenoxy) is 2. The highest BCUT2D eigenvalue weighted by Crippen LogP contribution is 2.42. The standard InChI is InChI=1S/C27H23N5O4/c1-15-7-5-10-21(16(15)2)32-26(34)17-8-3-4-9-19(17)29-27(32)31-30-24-18-13-22-23(36-12-6-11-35-22)14-20(18)28-25(24)33/h3-5,7-10,13-14,28,33H,6,11-12H2,1-2H3. The lowest BCUT2D eigenvalue weighted by Gasteiger charge is -2.13. The first kappa shape index (κ1) is 21.8. The smallest absolute Gasteiger partial charge is 0.267 e. The number of aromatic hydroxyl groups is 1. The number of fused-ring (bicyclic) bond motifs is 3. The highest BCUT2D eigenvalue weighted by molar-refractivity contribution is 5.96. The quantitative estimate of drug-likeness (QED) is 0.318. The molecule has 2 aromatic heterocycles. The van der Waals surface area contributed by atoms with Crippen molar-refractivity contribution >= 4 is 33.4 Å². The van der Waals surface area contributed by atoms with Crippen LogP contribution in [0.15, 0.2) is 69.6 Å². The molecule has 0 radical (unpaired) electrons. The molecular weight excluding hydrogens is 458 g/mol. The molecule has 0 bridgehead atoms. The van der Waals surface area contributed by atoms with Crippen LogP contribution in [0.4, 0.5) is 11.6 Å². The van der Waals surface area contributed by atoms with Crippen LogP contribution in [0.25, 0.3) is 27.5 Å². The highest BCUT2D eigenvalue weighted by Gasteiger charge is 2.19. The summed E-state index contributed by atoms with van der Waals surface area (Å²) in [6, 6.07) is 16.4. The molecule has 0 unspecified atom stereocenters. The van der Waals surface area contributed by atoms with Crippen LogP contribution >= 0.6 is 0 Å². The summed E-state index contributed by atoms with van der Waals surface area (Å²) in [5, 5.41) is 20.4. The van der Waals surface area contributed by atoms with Gasteiger partial charge in [-0.1, -0.05) is 24.3 Å². The largest absolute Gasteiger partial charge is 0.493 e. The van der Waals surface area contributed by atoms with E-state index in [1.165, 1.54) is 4.57 Å². The maximum Gasteiger partial charge on any atom is 0.267 e. The van der Waals surface area contributed by atoms with E-state index in [1.807, 2.05) is 38.1 Å². The number of hydrogen-bond acceptors (Lipinski definition) is 7. The van der Waals surface area contributed by atoms with Crippen molar-refractivity contribution in [2.24, 2.45) is 10.2 Å². The Morgan fingerprint density at radius 2 is 1.75 bits per heavy atom. The van der Waals surface area contributed by atoms with Crippen molar-refractivity contribution in [1.29, 1.82) is 0 Å². The van der Waals surface area contributed by atoms with E-state index >= 15 is 0 Å². The number of hydrogen-bond donors (Lipinski definition) is 2. The van der Waals surface area contributed by atoms with Gasteiger partial charge in [0.05, 0.1) is 35.3 Å². The number of nitrogens with zero attached hydrogens (tertiary/aromatic N) is 4. The second-order valence-corrected chi connectivity index (χ2v) is 8.71. The monoisotopic (exact) mass is 481 g/mol. The van der Waals surface area contributed by atoms with Crippen LogP contribution in [0, 0.1) is 13.8 Å². The number of rotatable bonds is 3. The molecule has 3 heterocycles. The fourth-order valence-corrected chi connectivity index (χ4v) is 4.40. The van der Waals surface area contributed by atoms with Gasteiger partial charge in [-0.25, -0.2) is 9.55 Å². The van der Waals surface area contributed by atoms with Gasteiger partial charge in [0.25, 0.3) is 11.5 Å². The minimum atomic E-state index is -0.248. The van der Waals surface area contributed by atoms with E-state index < -0.39 is 0 Å². The predicted octanol–water partition coefficient (Wildman–Crippen LogP) is 5.77. The molecule has 0 atom stereocenters. The maximum absolute atomic E-state index is 13.6. The Morgan fingerprint density at radius 3 is 2.58 bits per heavy atom. The van der Waals surface area contributed by atoms with E-state index in [2.05, 4.69) is 20.2 Å². The number of aromatic amines is 1. The normalized spacial score (nSPS) is 13.5. The third-order valence-electron chi connectivity index (χ3n) is 6.43. The fraction of sp³-hybridized carbons (Fsp3) is 0.185. The number of azo groups is 1. The summed E-state index contributed by atoms with van der Waals surface area (Å²) in [7, 11) is 0. The van der Waals surface area contributed by atoms with Gasteiger partial charge in [0.2, 0.25) is 5.88 Å². The Bertz CT molecular complexity index is 1730. The van der Waals surface area contributed by atoms with Gasteiger partial charge in [-0.3, -0.25) is 4.79 Å². The molecule has 1 aliphatic heterocycles. The molecule has 36 heavy (non-hydrogen) atoms. The number of nitrogens with one attached hydrogen (secondary N) is 1. The van der Waals surface area contributed by atoms with Crippen molar-refractivity contribution in [3.8, 4) is 23.1 Å².